The molecule has 2 N–H and O–H groups in total. The highest BCUT2D eigenvalue weighted by Gasteiger charge is 2.19. The Morgan fingerprint density at radius 1 is 0.931 bits per heavy atom. The summed E-state index contributed by atoms with van der Waals surface area (Å²) in [6.07, 6.45) is 7.93. The van der Waals surface area contributed by atoms with Crippen molar-refractivity contribution in [2.24, 2.45) is 5.10 Å². The number of hydrogen-bond acceptors (Lipinski definition) is 4. The van der Waals surface area contributed by atoms with E-state index in [2.05, 4.69) is 15.8 Å². The Kier molecular flexibility index (Phi) is 7.81. The van der Waals surface area contributed by atoms with E-state index in [9.17, 15) is 9.59 Å². The first-order valence-electron chi connectivity index (χ1n) is 10.1. The van der Waals surface area contributed by atoms with Gasteiger partial charge in [0, 0.05) is 6.04 Å². The van der Waals surface area contributed by atoms with Crippen molar-refractivity contribution in [2.75, 3.05) is 0 Å². The average molecular weight is 393 g/mol. The number of hydrazone groups is 1. The normalized spacial score (nSPS) is 14.9. The summed E-state index contributed by atoms with van der Waals surface area (Å²) in [5.74, 6) is -0.621. The van der Waals surface area contributed by atoms with Crippen molar-refractivity contribution >= 4 is 18.0 Å². The van der Waals surface area contributed by atoms with Crippen molar-refractivity contribution in [3.8, 4) is 5.75 Å². The van der Waals surface area contributed by atoms with Gasteiger partial charge < -0.3 is 10.1 Å². The minimum atomic E-state index is -0.742. The summed E-state index contributed by atoms with van der Waals surface area (Å²) in [5.41, 5.74) is 4.18. The van der Waals surface area contributed by atoms with E-state index in [1.807, 2.05) is 54.6 Å². The monoisotopic (exact) mass is 393 g/mol. The molecule has 0 unspecified atom stereocenters. The first kappa shape index (κ1) is 20.6. The third kappa shape index (κ3) is 7.07. The molecule has 0 radical (unpaired) electrons. The molecular weight excluding hydrogens is 366 g/mol. The molecule has 2 aromatic rings. The first-order valence-corrected chi connectivity index (χ1v) is 10.1. The number of nitrogens with zero attached hydrogens (tertiary/aromatic N) is 1. The van der Waals surface area contributed by atoms with E-state index in [-0.39, 0.29) is 6.04 Å². The highest BCUT2D eigenvalue weighted by atomic mass is 16.5. The summed E-state index contributed by atoms with van der Waals surface area (Å²) >= 11 is 0. The molecule has 152 valence electrons. The molecule has 0 spiro atoms. The fraction of sp³-hybridized carbons (Fsp3) is 0.348. The Morgan fingerprint density at radius 3 is 2.31 bits per heavy atom. The minimum Gasteiger partial charge on any atom is -0.489 e. The van der Waals surface area contributed by atoms with Crippen molar-refractivity contribution in [3.63, 3.8) is 0 Å². The highest BCUT2D eigenvalue weighted by Crippen LogP contribution is 2.17. The number of nitrogens with one attached hydrogen (secondary N) is 2. The van der Waals surface area contributed by atoms with Crippen molar-refractivity contribution in [3.05, 3.63) is 65.7 Å². The van der Waals surface area contributed by atoms with Gasteiger partial charge in [-0.25, -0.2) is 5.43 Å². The highest BCUT2D eigenvalue weighted by molar-refractivity contribution is 6.35. The third-order valence-electron chi connectivity index (χ3n) is 4.90. The molecule has 0 aliphatic heterocycles. The average Bonchev–Trinajstić information content (AvgIpc) is 3.02. The van der Waals surface area contributed by atoms with Crippen LogP contribution in [0.5, 0.6) is 5.75 Å². The zero-order chi connectivity index (χ0) is 20.3. The first-order chi connectivity index (χ1) is 14.2. The largest absolute Gasteiger partial charge is 0.489 e. The van der Waals surface area contributed by atoms with Gasteiger partial charge in [-0.15, -0.1) is 0 Å². The maximum Gasteiger partial charge on any atom is 0.329 e. The Hall–Kier alpha value is -3.15. The molecule has 3 rings (SSSR count). The van der Waals surface area contributed by atoms with Gasteiger partial charge in [0.2, 0.25) is 0 Å². The SMILES string of the molecule is O=C(N/N=C\c1ccc(OCc2ccccc2)cc1)C(=O)NC1CCCCCC1. The predicted molar refractivity (Wildman–Crippen MR) is 113 cm³/mol. The van der Waals surface area contributed by atoms with Gasteiger partial charge in [-0.1, -0.05) is 56.0 Å². The fourth-order valence-corrected chi connectivity index (χ4v) is 3.28. The van der Waals surface area contributed by atoms with Crippen LogP contribution < -0.4 is 15.5 Å². The molecule has 1 aliphatic carbocycles. The summed E-state index contributed by atoms with van der Waals surface area (Å²) < 4.78 is 5.74. The Bertz CT molecular complexity index is 811. The molecule has 0 aromatic heterocycles. The second kappa shape index (κ2) is 11.0. The molecule has 2 amide bonds. The minimum absolute atomic E-state index is 0.0863. The van der Waals surface area contributed by atoms with Crippen LogP contribution in [-0.2, 0) is 16.2 Å². The van der Waals surface area contributed by atoms with Gasteiger partial charge >= 0.3 is 11.8 Å². The molecule has 0 atom stereocenters. The van der Waals surface area contributed by atoms with Gasteiger partial charge in [0.1, 0.15) is 12.4 Å². The number of carbonyl (C=O) groups is 2. The quantitative estimate of drug-likeness (QED) is 0.341. The van der Waals surface area contributed by atoms with Crippen molar-refractivity contribution < 1.29 is 14.3 Å². The number of ether oxygens (including phenoxy) is 1. The van der Waals surface area contributed by atoms with E-state index < -0.39 is 11.8 Å². The predicted octanol–water partition coefficient (Wildman–Crippen LogP) is 3.55. The Labute approximate surface area is 171 Å². The summed E-state index contributed by atoms with van der Waals surface area (Å²) in [6.45, 7) is 0.500. The van der Waals surface area contributed by atoms with Crippen LogP contribution in [0.3, 0.4) is 0 Å². The van der Waals surface area contributed by atoms with Crippen molar-refractivity contribution in [1.29, 1.82) is 0 Å². The molecule has 29 heavy (non-hydrogen) atoms. The van der Waals surface area contributed by atoms with Crippen molar-refractivity contribution in [2.45, 2.75) is 51.2 Å². The molecule has 1 saturated carbocycles. The summed E-state index contributed by atoms with van der Waals surface area (Å²) in [5, 5.41) is 6.67. The van der Waals surface area contributed by atoms with Gasteiger partial charge in [0.25, 0.3) is 0 Å². The van der Waals surface area contributed by atoms with Crippen LogP contribution >= 0.6 is 0 Å². The Morgan fingerprint density at radius 2 is 1.62 bits per heavy atom. The van der Waals surface area contributed by atoms with E-state index in [0.29, 0.717) is 6.61 Å². The van der Waals surface area contributed by atoms with Crippen LogP contribution in [-0.4, -0.2) is 24.1 Å². The lowest BCUT2D eigenvalue weighted by atomic mass is 10.1. The fourth-order valence-electron chi connectivity index (χ4n) is 3.28. The number of hydrogen-bond donors (Lipinski definition) is 2. The summed E-state index contributed by atoms with van der Waals surface area (Å²) in [6, 6.07) is 17.4. The van der Waals surface area contributed by atoms with E-state index in [4.69, 9.17) is 4.74 Å². The molecular formula is C23H27N3O3. The smallest absolute Gasteiger partial charge is 0.329 e. The van der Waals surface area contributed by atoms with Crippen LogP contribution in [0.15, 0.2) is 59.7 Å². The van der Waals surface area contributed by atoms with Crippen LogP contribution in [0, 0.1) is 0 Å². The van der Waals surface area contributed by atoms with Crippen LogP contribution in [0.1, 0.15) is 49.7 Å². The zero-order valence-corrected chi connectivity index (χ0v) is 16.5. The summed E-state index contributed by atoms with van der Waals surface area (Å²) in [7, 11) is 0. The number of amides is 2. The standard InChI is InChI=1S/C23H27N3O3/c27-22(25-20-10-6-1-2-7-11-20)23(28)26-24-16-18-12-14-21(15-13-18)29-17-19-8-4-3-5-9-19/h3-5,8-9,12-16,20H,1-2,6-7,10-11,17H2,(H,25,27)(H,26,28)/b24-16-. The Balaban J connectivity index is 1.42. The number of rotatable bonds is 6. The molecule has 1 fully saturated rings. The lowest BCUT2D eigenvalue weighted by molar-refractivity contribution is -0.139. The second-order valence-corrected chi connectivity index (χ2v) is 7.20. The molecule has 0 heterocycles. The zero-order valence-electron chi connectivity index (χ0n) is 16.5. The van der Waals surface area contributed by atoms with E-state index in [0.717, 1.165) is 42.6 Å². The molecule has 2 aromatic carbocycles. The van der Waals surface area contributed by atoms with Gasteiger partial charge in [0.05, 0.1) is 6.21 Å². The number of carbonyl (C=O) groups excluding carboxylic acids is 2. The molecule has 6 heteroatoms. The van der Waals surface area contributed by atoms with E-state index in [1.54, 1.807) is 0 Å². The lowest BCUT2D eigenvalue weighted by Crippen LogP contribution is -2.43. The van der Waals surface area contributed by atoms with Crippen LogP contribution in [0.25, 0.3) is 0 Å². The van der Waals surface area contributed by atoms with E-state index in [1.165, 1.54) is 19.1 Å². The lowest BCUT2D eigenvalue weighted by Gasteiger charge is -2.14. The maximum atomic E-state index is 12.0. The summed E-state index contributed by atoms with van der Waals surface area (Å²) in [4.78, 5) is 23.9. The molecule has 1 aliphatic rings. The maximum absolute atomic E-state index is 12.0. The second-order valence-electron chi connectivity index (χ2n) is 7.20. The molecule has 0 saturated heterocycles. The molecule has 0 bridgehead atoms. The van der Waals surface area contributed by atoms with Gasteiger partial charge in [-0.2, -0.15) is 5.10 Å². The van der Waals surface area contributed by atoms with Gasteiger partial charge in [-0.3, -0.25) is 9.59 Å². The third-order valence-corrected chi connectivity index (χ3v) is 4.90. The molecule has 6 nitrogen and oxygen atoms in total. The van der Waals surface area contributed by atoms with Crippen LogP contribution in [0.4, 0.5) is 0 Å². The van der Waals surface area contributed by atoms with Crippen LogP contribution in [0.2, 0.25) is 0 Å². The van der Waals surface area contributed by atoms with Crippen molar-refractivity contribution in [1.82, 2.24) is 10.7 Å². The van der Waals surface area contributed by atoms with Gasteiger partial charge in [0.15, 0.2) is 0 Å². The topological polar surface area (TPSA) is 79.8 Å². The number of benzene rings is 2. The van der Waals surface area contributed by atoms with E-state index >= 15 is 0 Å². The van der Waals surface area contributed by atoms with Gasteiger partial charge in [-0.05, 0) is 48.2 Å².